The second-order valence-corrected chi connectivity index (χ2v) is 3.85. The predicted octanol–water partition coefficient (Wildman–Crippen LogP) is 3.19. The number of fused-ring (bicyclic) bond motifs is 1. The zero-order chi connectivity index (χ0) is 11.4. The molecule has 0 aliphatic rings. The molecular formula is C13H16FNO. The minimum Gasteiger partial charge on any atom is -0.461 e. The number of rotatable bonds is 5. The zero-order valence-electron chi connectivity index (χ0n) is 9.42. The first-order valence-corrected chi connectivity index (χ1v) is 5.56. The lowest BCUT2D eigenvalue weighted by Crippen LogP contribution is -2.15. The number of aryl methyl sites for hydroxylation is 1. The van der Waals surface area contributed by atoms with Gasteiger partial charge >= 0.3 is 0 Å². The van der Waals surface area contributed by atoms with Gasteiger partial charge in [0.25, 0.3) is 0 Å². The molecule has 0 saturated carbocycles. The van der Waals surface area contributed by atoms with Gasteiger partial charge in [0.1, 0.15) is 11.3 Å². The first-order chi connectivity index (χ1) is 7.83. The van der Waals surface area contributed by atoms with Crippen LogP contribution < -0.4 is 5.32 Å². The summed E-state index contributed by atoms with van der Waals surface area (Å²) >= 11 is 0. The zero-order valence-corrected chi connectivity index (χ0v) is 9.42. The third kappa shape index (κ3) is 2.25. The molecule has 0 saturated heterocycles. The van der Waals surface area contributed by atoms with E-state index < -0.39 is 0 Å². The van der Waals surface area contributed by atoms with E-state index in [1.54, 1.807) is 0 Å². The van der Waals surface area contributed by atoms with Crippen LogP contribution >= 0.6 is 0 Å². The Morgan fingerprint density at radius 2 is 2.12 bits per heavy atom. The Labute approximate surface area is 94.4 Å². The fourth-order valence-corrected chi connectivity index (χ4v) is 1.85. The average Bonchev–Trinajstić information content (AvgIpc) is 2.61. The van der Waals surface area contributed by atoms with Crippen molar-refractivity contribution >= 4 is 11.0 Å². The Morgan fingerprint density at radius 1 is 1.31 bits per heavy atom. The number of alkyl halides is 1. The molecule has 2 rings (SSSR count). The van der Waals surface area contributed by atoms with Crippen LogP contribution in [-0.4, -0.2) is 13.2 Å². The number of hydrogen-bond acceptors (Lipinski definition) is 2. The fraction of sp³-hybridized carbons (Fsp3) is 0.385. The Balaban J connectivity index is 2.13. The summed E-state index contributed by atoms with van der Waals surface area (Å²) < 4.78 is 17.6. The van der Waals surface area contributed by atoms with Crippen LogP contribution in [0.4, 0.5) is 4.39 Å². The Kier molecular flexibility index (Phi) is 3.57. The Morgan fingerprint density at radius 3 is 2.94 bits per heavy atom. The Bertz CT molecular complexity index is 464. The van der Waals surface area contributed by atoms with E-state index in [4.69, 9.17) is 4.42 Å². The Hall–Kier alpha value is -1.35. The molecule has 0 aliphatic heterocycles. The van der Waals surface area contributed by atoms with Crippen molar-refractivity contribution in [1.82, 2.24) is 5.32 Å². The van der Waals surface area contributed by atoms with Gasteiger partial charge in [0.05, 0.1) is 6.67 Å². The van der Waals surface area contributed by atoms with Crippen LogP contribution in [0, 0.1) is 6.92 Å². The maximum absolute atomic E-state index is 11.9. The predicted molar refractivity (Wildman–Crippen MR) is 63.2 cm³/mol. The van der Waals surface area contributed by atoms with Crippen molar-refractivity contribution < 1.29 is 8.81 Å². The van der Waals surface area contributed by atoms with Gasteiger partial charge in [-0.05, 0) is 26.0 Å². The van der Waals surface area contributed by atoms with Crippen molar-refractivity contribution in [3.63, 3.8) is 0 Å². The molecule has 16 heavy (non-hydrogen) atoms. The molecule has 0 amide bonds. The van der Waals surface area contributed by atoms with E-state index in [2.05, 4.69) is 11.4 Å². The van der Waals surface area contributed by atoms with Gasteiger partial charge in [-0.3, -0.25) is 4.39 Å². The number of nitrogens with one attached hydrogen (secondary N) is 1. The summed E-state index contributed by atoms with van der Waals surface area (Å²) in [6.45, 7) is 3.14. The summed E-state index contributed by atoms with van der Waals surface area (Å²) in [5.74, 6) is 0.939. The van der Waals surface area contributed by atoms with Gasteiger partial charge in [-0.15, -0.1) is 0 Å². The lowest BCUT2D eigenvalue weighted by molar-refractivity contribution is 0.458. The monoisotopic (exact) mass is 221 g/mol. The summed E-state index contributed by atoms with van der Waals surface area (Å²) in [6.07, 6.45) is 0.564. The normalized spacial score (nSPS) is 11.1. The lowest BCUT2D eigenvalue weighted by Gasteiger charge is -2.02. The van der Waals surface area contributed by atoms with Gasteiger partial charge < -0.3 is 9.73 Å². The van der Waals surface area contributed by atoms with Crippen LogP contribution in [0.2, 0.25) is 0 Å². The number of furan rings is 1. The van der Waals surface area contributed by atoms with Gasteiger partial charge in [-0.2, -0.15) is 0 Å². The minimum atomic E-state index is -0.266. The molecule has 0 unspecified atom stereocenters. The van der Waals surface area contributed by atoms with Gasteiger partial charge in [0.2, 0.25) is 0 Å². The topological polar surface area (TPSA) is 25.2 Å². The van der Waals surface area contributed by atoms with Crippen molar-refractivity contribution in [2.24, 2.45) is 0 Å². The number of para-hydroxylation sites is 1. The first kappa shape index (κ1) is 11.1. The molecule has 1 N–H and O–H groups in total. The lowest BCUT2D eigenvalue weighted by atomic mass is 10.1. The molecule has 1 heterocycles. The highest BCUT2D eigenvalue weighted by molar-refractivity contribution is 5.82. The highest BCUT2D eigenvalue weighted by Gasteiger charge is 2.08. The second-order valence-electron chi connectivity index (χ2n) is 3.85. The van der Waals surface area contributed by atoms with E-state index in [0.29, 0.717) is 13.0 Å². The van der Waals surface area contributed by atoms with Crippen molar-refractivity contribution in [3.8, 4) is 0 Å². The van der Waals surface area contributed by atoms with E-state index in [1.165, 1.54) is 5.56 Å². The summed E-state index contributed by atoms with van der Waals surface area (Å²) in [7, 11) is 0. The first-order valence-electron chi connectivity index (χ1n) is 5.56. The molecule has 3 heteroatoms. The molecule has 0 aliphatic carbocycles. The molecule has 0 bridgehead atoms. The third-order valence-electron chi connectivity index (χ3n) is 2.69. The summed E-state index contributed by atoms with van der Waals surface area (Å²) in [6, 6.07) is 7.99. The van der Waals surface area contributed by atoms with E-state index in [1.807, 2.05) is 25.1 Å². The third-order valence-corrected chi connectivity index (χ3v) is 2.69. The van der Waals surface area contributed by atoms with Crippen molar-refractivity contribution in [1.29, 1.82) is 0 Å². The van der Waals surface area contributed by atoms with Crippen LogP contribution in [0.1, 0.15) is 17.7 Å². The van der Waals surface area contributed by atoms with Crippen LogP contribution in [0.15, 0.2) is 28.7 Å². The van der Waals surface area contributed by atoms with Crippen LogP contribution in [0.25, 0.3) is 11.0 Å². The smallest absolute Gasteiger partial charge is 0.134 e. The molecule has 2 aromatic rings. The molecular weight excluding hydrogens is 205 g/mol. The quantitative estimate of drug-likeness (QED) is 0.784. The van der Waals surface area contributed by atoms with Crippen molar-refractivity contribution in [2.75, 3.05) is 13.2 Å². The van der Waals surface area contributed by atoms with Gasteiger partial charge in [0, 0.05) is 17.5 Å². The maximum atomic E-state index is 11.9. The standard InChI is InChI=1S/C13H16FNO/c1-10-12(9-15-8-4-7-14)11-5-2-3-6-13(11)16-10/h2-3,5-6,15H,4,7-9H2,1H3. The average molecular weight is 221 g/mol. The molecule has 0 radical (unpaired) electrons. The van der Waals surface area contributed by atoms with E-state index in [0.717, 1.165) is 23.3 Å². The molecule has 1 aromatic heterocycles. The minimum absolute atomic E-state index is 0.266. The largest absolute Gasteiger partial charge is 0.461 e. The molecule has 2 nitrogen and oxygen atoms in total. The highest BCUT2D eigenvalue weighted by atomic mass is 19.1. The second kappa shape index (κ2) is 5.12. The fourth-order valence-electron chi connectivity index (χ4n) is 1.85. The number of halogens is 1. The van der Waals surface area contributed by atoms with E-state index in [9.17, 15) is 4.39 Å². The van der Waals surface area contributed by atoms with Gasteiger partial charge in [0.15, 0.2) is 0 Å². The van der Waals surface area contributed by atoms with Gasteiger partial charge in [-0.1, -0.05) is 18.2 Å². The maximum Gasteiger partial charge on any atom is 0.134 e. The van der Waals surface area contributed by atoms with Crippen LogP contribution in [-0.2, 0) is 6.54 Å². The summed E-state index contributed by atoms with van der Waals surface area (Å²) in [5.41, 5.74) is 2.09. The van der Waals surface area contributed by atoms with Crippen LogP contribution in [0.5, 0.6) is 0 Å². The summed E-state index contributed by atoms with van der Waals surface area (Å²) in [4.78, 5) is 0. The SMILES string of the molecule is Cc1oc2ccccc2c1CNCCCF. The van der Waals surface area contributed by atoms with Crippen LogP contribution in [0.3, 0.4) is 0 Å². The molecule has 0 spiro atoms. The molecule has 1 aromatic carbocycles. The molecule has 86 valence electrons. The highest BCUT2D eigenvalue weighted by Crippen LogP contribution is 2.24. The number of hydrogen-bond donors (Lipinski definition) is 1. The van der Waals surface area contributed by atoms with Gasteiger partial charge in [-0.25, -0.2) is 0 Å². The summed E-state index contributed by atoms with van der Waals surface area (Å²) in [5, 5.41) is 4.37. The van der Waals surface area contributed by atoms with Crippen molar-refractivity contribution in [3.05, 3.63) is 35.6 Å². The number of benzene rings is 1. The van der Waals surface area contributed by atoms with E-state index in [-0.39, 0.29) is 6.67 Å². The molecule has 0 atom stereocenters. The molecule has 0 fully saturated rings. The van der Waals surface area contributed by atoms with Crippen molar-refractivity contribution in [2.45, 2.75) is 19.9 Å². The van der Waals surface area contributed by atoms with E-state index >= 15 is 0 Å².